The zero-order chi connectivity index (χ0) is 17.1. The van der Waals surface area contributed by atoms with Crippen molar-refractivity contribution in [3.05, 3.63) is 29.8 Å². The lowest BCUT2D eigenvalue weighted by Crippen LogP contribution is -2.38. The van der Waals surface area contributed by atoms with Gasteiger partial charge in [0, 0.05) is 13.1 Å². The maximum absolute atomic E-state index is 12.2. The molecule has 1 aromatic carbocycles. The predicted octanol–water partition coefficient (Wildman–Crippen LogP) is 4.32. The number of rotatable bonds is 9. The van der Waals surface area contributed by atoms with Gasteiger partial charge in [-0.25, -0.2) is 0 Å². The van der Waals surface area contributed by atoms with Crippen molar-refractivity contribution in [2.45, 2.75) is 40.2 Å². The molecule has 0 aromatic heterocycles. The first-order valence-electron chi connectivity index (χ1n) is 8.40. The third kappa shape index (κ3) is 9.30. The largest absolute Gasteiger partial charge is 0.493 e. The first-order valence-corrected chi connectivity index (χ1v) is 8.40. The first-order chi connectivity index (χ1) is 11.1. The van der Waals surface area contributed by atoms with Gasteiger partial charge >= 0.3 is 0 Å². The van der Waals surface area contributed by atoms with E-state index in [9.17, 15) is 4.39 Å². The minimum absolute atomic E-state index is 0. The molecule has 0 fully saturated rings. The molecule has 1 rings (SSSR count). The first kappa shape index (κ1) is 22.9. The highest BCUT2D eigenvalue weighted by Gasteiger charge is 2.08. The molecule has 0 heterocycles. The zero-order valence-corrected chi connectivity index (χ0v) is 17.5. The van der Waals surface area contributed by atoms with Gasteiger partial charge in [0.1, 0.15) is 5.75 Å². The maximum atomic E-state index is 12.2. The third-order valence-electron chi connectivity index (χ3n) is 3.22. The van der Waals surface area contributed by atoms with Crippen LogP contribution < -0.4 is 15.4 Å². The molecule has 0 amide bonds. The lowest BCUT2D eigenvalue weighted by atomic mass is 10.1. The Bertz CT molecular complexity index is 466. The summed E-state index contributed by atoms with van der Waals surface area (Å²) in [6.45, 7) is 9.99. The second-order valence-electron chi connectivity index (χ2n) is 5.94. The summed E-state index contributed by atoms with van der Waals surface area (Å²) >= 11 is 0. The third-order valence-corrected chi connectivity index (χ3v) is 3.22. The van der Waals surface area contributed by atoms with Crippen LogP contribution in [0.4, 0.5) is 4.39 Å². The molecule has 0 aliphatic rings. The molecule has 0 saturated carbocycles. The van der Waals surface area contributed by atoms with Gasteiger partial charge in [-0.2, -0.15) is 0 Å². The van der Waals surface area contributed by atoms with Crippen LogP contribution in [0.25, 0.3) is 0 Å². The van der Waals surface area contributed by atoms with Gasteiger partial charge in [-0.15, -0.1) is 24.0 Å². The van der Waals surface area contributed by atoms with Gasteiger partial charge < -0.3 is 15.4 Å². The van der Waals surface area contributed by atoms with Crippen molar-refractivity contribution in [2.75, 3.05) is 26.4 Å². The molecule has 0 aliphatic heterocycles. The quantitative estimate of drug-likeness (QED) is 0.255. The van der Waals surface area contributed by atoms with Crippen LogP contribution in [0.1, 0.15) is 45.7 Å². The van der Waals surface area contributed by atoms with Crippen molar-refractivity contribution in [3.8, 4) is 5.75 Å². The number of ether oxygens (including phenoxy) is 1. The Balaban J connectivity index is 0.00000529. The summed E-state index contributed by atoms with van der Waals surface area (Å²) in [4.78, 5) is 4.36. The summed E-state index contributed by atoms with van der Waals surface area (Å²) in [7, 11) is 0. The Morgan fingerprint density at radius 2 is 1.88 bits per heavy atom. The van der Waals surface area contributed by atoms with E-state index < -0.39 is 0 Å². The standard InChI is InChI=1S/C18H30FN3O.HI/c1-5-20-18(21-12-6-11-19)22-15(4)16-7-9-17(10-8-16)23-13-14(2)3;/h7-10,14-15H,5-6,11-13H2,1-4H3,(H2,20,21,22);1H. The second-order valence-corrected chi connectivity index (χ2v) is 5.94. The van der Waals surface area contributed by atoms with E-state index in [2.05, 4.69) is 48.5 Å². The van der Waals surface area contributed by atoms with Crippen LogP contribution >= 0.6 is 24.0 Å². The maximum Gasteiger partial charge on any atom is 0.191 e. The molecule has 24 heavy (non-hydrogen) atoms. The highest BCUT2D eigenvalue weighted by Crippen LogP contribution is 2.18. The number of halogens is 2. The summed E-state index contributed by atoms with van der Waals surface area (Å²) in [5.74, 6) is 2.12. The van der Waals surface area contributed by atoms with E-state index in [-0.39, 0.29) is 36.7 Å². The van der Waals surface area contributed by atoms with Crippen molar-refractivity contribution in [3.63, 3.8) is 0 Å². The van der Waals surface area contributed by atoms with Gasteiger partial charge in [-0.05, 0) is 43.9 Å². The van der Waals surface area contributed by atoms with Crippen molar-refractivity contribution in [2.24, 2.45) is 10.9 Å². The smallest absolute Gasteiger partial charge is 0.191 e. The molecule has 0 radical (unpaired) electrons. The molecular weight excluding hydrogens is 420 g/mol. The number of guanidine groups is 1. The molecule has 0 spiro atoms. The fourth-order valence-electron chi connectivity index (χ4n) is 1.97. The van der Waals surface area contributed by atoms with E-state index in [0.29, 0.717) is 24.8 Å². The number of aliphatic imine (C=N–C) groups is 1. The van der Waals surface area contributed by atoms with Crippen molar-refractivity contribution >= 4 is 29.9 Å². The highest BCUT2D eigenvalue weighted by molar-refractivity contribution is 14.0. The molecular formula is C18H31FIN3O. The van der Waals surface area contributed by atoms with Crippen molar-refractivity contribution in [1.29, 1.82) is 0 Å². The Morgan fingerprint density at radius 3 is 2.42 bits per heavy atom. The molecule has 2 N–H and O–H groups in total. The minimum Gasteiger partial charge on any atom is -0.493 e. The Hall–Kier alpha value is -1.05. The average molecular weight is 451 g/mol. The van der Waals surface area contributed by atoms with Gasteiger partial charge in [0.05, 0.1) is 19.3 Å². The van der Waals surface area contributed by atoms with Gasteiger partial charge in [-0.3, -0.25) is 9.38 Å². The summed E-state index contributed by atoms with van der Waals surface area (Å²) < 4.78 is 17.9. The van der Waals surface area contributed by atoms with Crippen LogP contribution in [0.3, 0.4) is 0 Å². The Kier molecular flexibility index (Phi) is 12.7. The number of benzene rings is 1. The molecule has 1 unspecified atom stereocenters. The summed E-state index contributed by atoms with van der Waals surface area (Å²) in [5.41, 5.74) is 1.15. The zero-order valence-electron chi connectivity index (χ0n) is 15.1. The SMILES string of the molecule is CCNC(=NCCCF)NC(C)c1ccc(OCC(C)C)cc1.I. The molecule has 6 heteroatoms. The highest BCUT2D eigenvalue weighted by atomic mass is 127. The van der Waals surface area contributed by atoms with Crippen LogP contribution in [-0.2, 0) is 0 Å². The monoisotopic (exact) mass is 451 g/mol. The number of alkyl halides is 1. The van der Waals surface area contributed by atoms with Gasteiger partial charge in [-0.1, -0.05) is 26.0 Å². The molecule has 4 nitrogen and oxygen atoms in total. The molecule has 1 atom stereocenters. The van der Waals surface area contributed by atoms with Crippen LogP contribution in [0.5, 0.6) is 5.75 Å². The van der Waals surface area contributed by atoms with E-state index in [1.165, 1.54) is 0 Å². The van der Waals surface area contributed by atoms with Gasteiger partial charge in [0.25, 0.3) is 0 Å². The number of nitrogens with zero attached hydrogens (tertiary/aromatic N) is 1. The lowest BCUT2D eigenvalue weighted by molar-refractivity contribution is 0.271. The van der Waals surface area contributed by atoms with E-state index in [0.717, 1.165) is 24.5 Å². The summed E-state index contributed by atoms with van der Waals surface area (Å²) in [6, 6.07) is 8.19. The number of nitrogens with one attached hydrogen (secondary N) is 2. The van der Waals surface area contributed by atoms with E-state index >= 15 is 0 Å². The van der Waals surface area contributed by atoms with Crippen molar-refractivity contribution in [1.82, 2.24) is 10.6 Å². The van der Waals surface area contributed by atoms with Crippen LogP contribution in [-0.4, -0.2) is 32.3 Å². The molecule has 138 valence electrons. The van der Waals surface area contributed by atoms with Gasteiger partial charge in [0.15, 0.2) is 5.96 Å². The topological polar surface area (TPSA) is 45.7 Å². The fourth-order valence-corrected chi connectivity index (χ4v) is 1.97. The molecule has 1 aromatic rings. The molecule has 0 saturated heterocycles. The molecule has 0 bridgehead atoms. The van der Waals surface area contributed by atoms with Gasteiger partial charge in [0.2, 0.25) is 0 Å². The predicted molar refractivity (Wildman–Crippen MR) is 110 cm³/mol. The number of hydrogen-bond acceptors (Lipinski definition) is 2. The fraction of sp³-hybridized carbons (Fsp3) is 0.611. The minimum atomic E-state index is -0.337. The number of hydrogen-bond donors (Lipinski definition) is 2. The van der Waals surface area contributed by atoms with E-state index in [1.54, 1.807) is 0 Å². The van der Waals surface area contributed by atoms with Crippen LogP contribution in [0.15, 0.2) is 29.3 Å². The van der Waals surface area contributed by atoms with Crippen LogP contribution in [0, 0.1) is 5.92 Å². The second kappa shape index (κ2) is 13.3. The summed E-state index contributed by atoms with van der Waals surface area (Å²) in [5, 5.41) is 6.52. The Labute approximate surface area is 162 Å². The average Bonchev–Trinajstić information content (AvgIpc) is 2.53. The lowest BCUT2D eigenvalue weighted by Gasteiger charge is -2.18. The Morgan fingerprint density at radius 1 is 1.21 bits per heavy atom. The normalized spacial score (nSPS) is 12.5. The van der Waals surface area contributed by atoms with E-state index in [4.69, 9.17) is 4.74 Å². The molecule has 0 aliphatic carbocycles. The summed E-state index contributed by atoms with van der Waals surface area (Å²) in [6.07, 6.45) is 0.451. The van der Waals surface area contributed by atoms with E-state index in [1.807, 2.05) is 19.1 Å². The van der Waals surface area contributed by atoms with Crippen LogP contribution in [0.2, 0.25) is 0 Å². The van der Waals surface area contributed by atoms with Crippen molar-refractivity contribution < 1.29 is 9.13 Å².